The summed E-state index contributed by atoms with van der Waals surface area (Å²) in [7, 11) is 0. The first-order valence-electron chi connectivity index (χ1n) is 6.26. The largest absolute Gasteiger partial charge is 0.298 e. The van der Waals surface area contributed by atoms with E-state index in [-0.39, 0.29) is 11.3 Å². The highest BCUT2D eigenvalue weighted by molar-refractivity contribution is 7.17. The van der Waals surface area contributed by atoms with E-state index in [1.807, 2.05) is 29.6 Å². The number of benzene rings is 1. The van der Waals surface area contributed by atoms with Crippen molar-refractivity contribution in [2.24, 2.45) is 0 Å². The number of hydrogen-bond donors (Lipinski definition) is 0. The third-order valence-electron chi connectivity index (χ3n) is 3.11. The van der Waals surface area contributed by atoms with Gasteiger partial charge in [-0.1, -0.05) is 30.3 Å². The summed E-state index contributed by atoms with van der Waals surface area (Å²) in [4.78, 5) is 28.4. The number of carbonyl (C=O) groups excluding carboxylic acids is 1. The lowest BCUT2D eigenvalue weighted by atomic mass is 10.1. The SMILES string of the molecule is O=C(CCn1cnc2ccsc2c1=O)c1ccccc1. The molecule has 3 aromatic rings. The second-order valence-corrected chi connectivity index (χ2v) is 5.33. The van der Waals surface area contributed by atoms with E-state index in [0.29, 0.717) is 28.7 Å². The molecule has 0 aliphatic rings. The Hall–Kier alpha value is -2.27. The summed E-state index contributed by atoms with van der Waals surface area (Å²) in [6.07, 6.45) is 1.80. The van der Waals surface area contributed by atoms with Gasteiger partial charge in [0.25, 0.3) is 5.56 Å². The van der Waals surface area contributed by atoms with Crippen LogP contribution in [0.4, 0.5) is 0 Å². The van der Waals surface area contributed by atoms with Crippen molar-refractivity contribution in [1.29, 1.82) is 0 Å². The molecule has 1 aromatic carbocycles. The van der Waals surface area contributed by atoms with Gasteiger partial charge in [0, 0.05) is 18.5 Å². The van der Waals surface area contributed by atoms with Crippen molar-refractivity contribution in [3.05, 3.63) is 64.0 Å². The molecule has 0 saturated carbocycles. The molecule has 5 heteroatoms. The molecule has 20 heavy (non-hydrogen) atoms. The fourth-order valence-electron chi connectivity index (χ4n) is 2.03. The maximum Gasteiger partial charge on any atom is 0.271 e. The predicted molar refractivity (Wildman–Crippen MR) is 79.3 cm³/mol. The van der Waals surface area contributed by atoms with Crippen molar-refractivity contribution in [3.63, 3.8) is 0 Å². The zero-order chi connectivity index (χ0) is 13.9. The number of ketones is 1. The van der Waals surface area contributed by atoms with Gasteiger partial charge in [-0.3, -0.25) is 14.2 Å². The first-order chi connectivity index (χ1) is 9.75. The fraction of sp³-hybridized carbons (Fsp3) is 0.133. The normalized spacial score (nSPS) is 10.8. The Kier molecular flexibility index (Phi) is 3.43. The first-order valence-corrected chi connectivity index (χ1v) is 7.14. The molecule has 0 bridgehead atoms. The number of Topliss-reactive ketones (excluding diaryl/α,β-unsaturated/α-hetero) is 1. The number of fused-ring (bicyclic) bond motifs is 1. The number of hydrogen-bond acceptors (Lipinski definition) is 4. The summed E-state index contributed by atoms with van der Waals surface area (Å²) in [6, 6.07) is 10.9. The quantitative estimate of drug-likeness (QED) is 0.692. The second kappa shape index (κ2) is 5.38. The van der Waals surface area contributed by atoms with Crippen molar-refractivity contribution in [2.75, 3.05) is 0 Å². The summed E-state index contributed by atoms with van der Waals surface area (Å²) in [5.74, 6) is 0.0313. The minimum atomic E-state index is -0.0779. The molecular weight excluding hydrogens is 272 g/mol. The minimum Gasteiger partial charge on any atom is -0.298 e. The highest BCUT2D eigenvalue weighted by Crippen LogP contribution is 2.13. The number of rotatable bonds is 4. The topological polar surface area (TPSA) is 52.0 Å². The number of carbonyl (C=O) groups is 1. The Morgan fingerprint density at radius 3 is 2.80 bits per heavy atom. The van der Waals surface area contributed by atoms with Crippen LogP contribution in [-0.2, 0) is 6.54 Å². The lowest BCUT2D eigenvalue weighted by Crippen LogP contribution is -2.21. The van der Waals surface area contributed by atoms with Gasteiger partial charge in [-0.15, -0.1) is 11.3 Å². The van der Waals surface area contributed by atoms with E-state index < -0.39 is 0 Å². The summed E-state index contributed by atoms with van der Waals surface area (Å²) in [5.41, 5.74) is 1.31. The third-order valence-corrected chi connectivity index (χ3v) is 4.00. The Balaban J connectivity index is 1.79. The Labute approximate surface area is 119 Å². The lowest BCUT2D eigenvalue weighted by Gasteiger charge is -2.04. The van der Waals surface area contributed by atoms with Crippen LogP contribution < -0.4 is 5.56 Å². The van der Waals surface area contributed by atoms with Gasteiger partial charge in [-0.25, -0.2) is 4.98 Å². The summed E-state index contributed by atoms with van der Waals surface area (Å²) in [5, 5.41) is 1.85. The highest BCUT2D eigenvalue weighted by atomic mass is 32.1. The van der Waals surface area contributed by atoms with Gasteiger partial charge in [0.2, 0.25) is 0 Å². The maximum absolute atomic E-state index is 12.2. The third kappa shape index (κ3) is 2.40. The van der Waals surface area contributed by atoms with Crippen LogP contribution in [0.25, 0.3) is 10.2 Å². The standard InChI is InChI=1S/C15H12N2O2S/c18-13(11-4-2-1-3-5-11)6-8-17-10-16-12-7-9-20-14(12)15(17)19/h1-5,7,9-10H,6,8H2. The molecule has 0 N–H and O–H groups in total. The molecule has 3 rings (SSSR count). The van der Waals surface area contributed by atoms with Crippen LogP contribution in [0.5, 0.6) is 0 Å². The average Bonchev–Trinajstić information content (AvgIpc) is 2.96. The van der Waals surface area contributed by atoms with Crippen LogP contribution in [0, 0.1) is 0 Å². The van der Waals surface area contributed by atoms with Crippen LogP contribution in [0.1, 0.15) is 16.8 Å². The molecule has 0 saturated heterocycles. The van der Waals surface area contributed by atoms with Crippen molar-refractivity contribution in [1.82, 2.24) is 9.55 Å². The van der Waals surface area contributed by atoms with Gasteiger partial charge in [0.05, 0.1) is 11.8 Å². The second-order valence-electron chi connectivity index (χ2n) is 4.42. The lowest BCUT2D eigenvalue weighted by molar-refractivity contribution is 0.0976. The van der Waals surface area contributed by atoms with Gasteiger partial charge >= 0.3 is 0 Å². The Morgan fingerprint density at radius 2 is 2.00 bits per heavy atom. The summed E-state index contributed by atoms with van der Waals surface area (Å²) in [6.45, 7) is 0.355. The first kappa shape index (κ1) is 12.7. The highest BCUT2D eigenvalue weighted by Gasteiger charge is 2.08. The fourth-order valence-corrected chi connectivity index (χ4v) is 2.82. The number of thiophene rings is 1. The van der Waals surface area contributed by atoms with Crippen LogP contribution in [0.3, 0.4) is 0 Å². The van der Waals surface area contributed by atoms with Crippen molar-refractivity contribution in [3.8, 4) is 0 Å². The van der Waals surface area contributed by atoms with E-state index in [0.717, 1.165) is 0 Å². The minimum absolute atomic E-state index is 0.0313. The molecule has 0 atom stereocenters. The number of aromatic nitrogens is 2. The van der Waals surface area contributed by atoms with Gasteiger partial charge in [0.15, 0.2) is 5.78 Å². The van der Waals surface area contributed by atoms with Crippen molar-refractivity contribution < 1.29 is 4.79 Å². The summed E-state index contributed by atoms with van der Waals surface area (Å²) >= 11 is 1.38. The van der Waals surface area contributed by atoms with Gasteiger partial charge in [0.1, 0.15) is 4.70 Å². The van der Waals surface area contributed by atoms with Crippen LogP contribution >= 0.6 is 11.3 Å². The molecule has 2 heterocycles. The molecular formula is C15H12N2O2S. The molecule has 100 valence electrons. The van der Waals surface area contributed by atoms with E-state index in [1.165, 1.54) is 22.2 Å². The van der Waals surface area contributed by atoms with Crippen molar-refractivity contribution >= 4 is 27.3 Å². The zero-order valence-electron chi connectivity index (χ0n) is 10.7. The molecule has 0 spiro atoms. The van der Waals surface area contributed by atoms with Crippen molar-refractivity contribution in [2.45, 2.75) is 13.0 Å². The van der Waals surface area contributed by atoms with Crippen LogP contribution in [-0.4, -0.2) is 15.3 Å². The van der Waals surface area contributed by atoms with Gasteiger partial charge in [-0.2, -0.15) is 0 Å². The average molecular weight is 284 g/mol. The van der Waals surface area contributed by atoms with E-state index in [1.54, 1.807) is 12.1 Å². The number of nitrogens with zero attached hydrogens (tertiary/aromatic N) is 2. The number of aryl methyl sites for hydroxylation is 1. The molecule has 0 fully saturated rings. The smallest absolute Gasteiger partial charge is 0.271 e. The molecule has 0 aliphatic heterocycles. The van der Waals surface area contributed by atoms with E-state index in [4.69, 9.17) is 0 Å². The molecule has 0 amide bonds. The summed E-state index contributed by atoms with van der Waals surface area (Å²) < 4.78 is 2.14. The molecule has 2 aromatic heterocycles. The van der Waals surface area contributed by atoms with E-state index >= 15 is 0 Å². The Morgan fingerprint density at radius 1 is 1.20 bits per heavy atom. The van der Waals surface area contributed by atoms with Gasteiger partial charge in [-0.05, 0) is 11.4 Å². The molecule has 4 nitrogen and oxygen atoms in total. The van der Waals surface area contributed by atoms with E-state index in [2.05, 4.69) is 4.98 Å². The van der Waals surface area contributed by atoms with Gasteiger partial charge < -0.3 is 0 Å². The molecule has 0 radical (unpaired) electrons. The Bertz CT molecular complexity index is 805. The van der Waals surface area contributed by atoms with Crippen LogP contribution in [0.2, 0.25) is 0 Å². The van der Waals surface area contributed by atoms with Crippen LogP contribution in [0.15, 0.2) is 52.9 Å². The molecule has 0 aliphatic carbocycles. The monoisotopic (exact) mass is 284 g/mol. The predicted octanol–water partition coefficient (Wildman–Crippen LogP) is 2.73. The van der Waals surface area contributed by atoms with E-state index in [9.17, 15) is 9.59 Å². The molecule has 0 unspecified atom stereocenters. The zero-order valence-corrected chi connectivity index (χ0v) is 11.5. The maximum atomic E-state index is 12.2.